The maximum Gasteiger partial charge on any atom is 0.309 e. The molecule has 0 saturated heterocycles. The Bertz CT molecular complexity index is 558. The van der Waals surface area contributed by atoms with Gasteiger partial charge in [0, 0.05) is 17.7 Å². The van der Waals surface area contributed by atoms with Crippen molar-refractivity contribution < 1.29 is 19.7 Å². The summed E-state index contributed by atoms with van der Waals surface area (Å²) >= 11 is 0. The van der Waals surface area contributed by atoms with Crippen molar-refractivity contribution in [2.24, 2.45) is 17.3 Å². The van der Waals surface area contributed by atoms with E-state index in [-0.39, 0.29) is 35.0 Å². The smallest absolute Gasteiger partial charge is 0.309 e. The molecule has 5 heteroatoms. The van der Waals surface area contributed by atoms with Gasteiger partial charge in [0.25, 0.3) is 0 Å². The summed E-state index contributed by atoms with van der Waals surface area (Å²) < 4.78 is 6.42. The van der Waals surface area contributed by atoms with Crippen molar-refractivity contribution in [2.45, 2.75) is 46.1 Å². The Kier molecular flexibility index (Phi) is 3.19. The molecule has 21 heavy (non-hydrogen) atoms. The van der Waals surface area contributed by atoms with Crippen molar-refractivity contribution >= 4 is 5.97 Å². The molecule has 0 spiro atoms. The Morgan fingerprint density at radius 3 is 2.24 bits per heavy atom. The van der Waals surface area contributed by atoms with Gasteiger partial charge in [0.15, 0.2) is 11.8 Å². The number of carbonyl (C=O) groups excluding carboxylic acids is 1. The van der Waals surface area contributed by atoms with E-state index in [0.29, 0.717) is 6.54 Å². The lowest BCUT2D eigenvalue weighted by Crippen LogP contribution is -2.08. The highest BCUT2D eigenvalue weighted by molar-refractivity contribution is 5.77. The summed E-state index contributed by atoms with van der Waals surface area (Å²) in [6.07, 6.45) is 3.72. The highest BCUT2D eigenvalue weighted by atomic mass is 16.5. The number of hydrogen-bond acceptors (Lipinski definition) is 4. The van der Waals surface area contributed by atoms with Gasteiger partial charge in [0.2, 0.25) is 0 Å². The van der Waals surface area contributed by atoms with E-state index in [1.165, 1.54) is 7.11 Å². The van der Waals surface area contributed by atoms with Crippen LogP contribution in [0.25, 0.3) is 0 Å². The van der Waals surface area contributed by atoms with Crippen LogP contribution in [-0.4, -0.2) is 27.9 Å². The molecule has 2 N–H and O–H groups in total. The fraction of sp³-hybridized carbons (Fsp3) is 0.688. The number of hydrogen-bond donors (Lipinski definition) is 2. The van der Waals surface area contributed by atoms with E-state index in [1.807, 2.05) is 13.8 Å². The van der Waals surface area contributed by atoms with Crippen LogP contribution in [0.15, 0.2) is 0 Å². The molecule has 116 valence electrons. The number of rotatable bonds is 3. The number of esters is 1. The maximum atomic E-state index is 11.8. The van der Waals surface area contributed by atoms with Gasteiger partial charge in [0.1, 0.15) is 0 Å². The summed E-state index contributed by atoms with van der Waals surface area (Å²) in [5.74, 6) is 0.0549. The van der Waals surface area contributed by atoms with Gasteiger partial charge in [-0.05, 0) is 37.0 Å². The number of aromatic hydroxyl groups is 2. The fourth-order valence-electron chi connectivity index (χ4n) is 3.87. The van der Waals surface area contributed by atoms with Gasteiger partial charge >= 0.3 is 5.97 Å². The molecular formula is C16H23NO4. The van der Waals surface area contributed by atoms with E-state index < -0.39 is 0 Å². The van der Waals surface area contributed by atoms with Crippen LogP contribution in [0.2, 0.25) is 0 Å². The van der Waals surface area contributed by atoms with Gasteiger partial charge in [-0.15, -0.1) is 0 Å². The number of fused-ring (bicyclic) bond motifs is 1. The Balaban J connectivity index is 1.87. The van der Waals surface area contributed by atoms with Gasteiger partial charge < -0.3 is 14.9 Å². The zero-order valence-corrected chi connectivity index (χ0v) is 12.8. The van der Waals surface area contributed by atoms with Crippen molar-refractivity contribution in [3.63, 3.8) is 0 Å². The largest absolute Gasteiger partial charge is 0.494 e. The van der Waals surface area contributed by atoms with Crippen molar-refractivity contribution in [1.29, 1.82) is 0 Å². The van der Waals surface area contributed by atoms with Gasteiger partial charge in [-0.25, -0.2) is 0 Å². The Hall–Kier alpha value is -1.65. The second kappa shape index (κ2) is 4.68. The Morgan fingerprint density at radius 1 is 1.24 bits per heavy atom. The molecule has 5 nitrogen and oxygen atoms in total. The van der Waals surface area contributed by atoms with Crippen LogP contribution in [0.5, 0.6) is 11.8 Å². The lowest BCUT2D eigenvalue weighted by Gasteiger charge is -2.09. The molecule has 1 saturated carbocycles. The van der Waals surface area contributed by atoms with Crippen LogP contribution in [-0.2, 0) is 28.9 Å². The van der Waals surface area contributed by atoms with Crippen LogP contribution in [0.4, 0.5) is 0 Å². The van der Waals surface area contributed by atoms with E-state index in [2.05, 4.69) is 0 Å². The summed E-state index contributed by atoms with van der Waals surface area (Å²) in [7, 11) is 1.40. The molecule has 2 aliphatic rings. The standard InChI is InChI=1S/C16H23NO4/c1-16(2)11(12(16)15(20)21-3)8-17-13(18)9-6-4-5-7-10(9)14(17)19/h11-12,18-19H,4-8H2,1-3H3. The minimum Gasteiger partial charge on any atom is -0.494 e. The molecule has 2 atom stereocenters. The average Bonchev–Trinajstić information content (AvgIpc) is 2.93. The van der Waals surface area contributed by atoms with Crippen molar-refractivity contribution in [2.75, 3.05) is 7.11 Å². The summed E-state index contributed by atoms with van der Waals surface area (Å²) in [5.41, 5.74) is 1.61. The third kappa shape index (κ3) is 2.01. The quantitative estimate of drug-likeness (QED) is 0.838. The first-order valence-corrected chi connectivity index (χ1v) is 7.59. The van der Waals surface area contributed by atoms with E-state index in [0.717, 1.165) is 36.8 Å². The van der Waals surface area contributed by atoms with Crippen LogP contribution < -0.4 is 0 Å². The molecule has 2 unspecified atom stereocenters. The Labute approximate surface area is 124 Å². The molecule has 1 aromatic heterocycles. The van der Waals surface area contributed by atoms with Gasteiger partial charge in [-0.3, -0.25) is 9.36 Å². The highest BCUT2D eigenvalue weighted by Gasteiger charge is 2.62. The van der Waals surface area contributed by atoms with E-state index in [4.69, 9.17) is 4.74 Å². The zero-order valence-electron chi connectivity index (χ0n) is 12.8. The normalized spacial score (nSPS) is 26.2. The first-order chi connectivity index (χ1) is 9.89. The van der Waals surface area contributed by atoms with Crippen molar-refractivity contribution in [1.82, 2.24) is 4.57 Å². The molecule has 0 bridgehead atoms. The molecule has 0 aromatic carbocycles. The molecule has 0 radical (unpaired) electrons. The first-order valence-electron chi connectivity index (χ1n) is 7.59. The molecule has 2 aliphatic carbocycles. The number of methoxy groups -OCH3 is 1. The topological polar surface area (TPSA) is 71.7 Å². The van der Waals surface area contributed by atoms with Crippen LogP contribution in [0.1, 0.15) is 37.8 Å². The minimum atomic E-state index is -0.208. The van der Waals surface area contributed by atoms with Crippen molar-refractivity contribution in [3.05, 3.63) is 11.1 Å². The molecule has 1 fully saturated rings. The zero-order chi connectivity index (χ0) is 15.4. The summed E-state index contributed by atoms with van der Waals surface area (Å²) in [5, 5.41) is 20.7. The third-order valence-corrected chi connectivity index (χ3v) is 5.40. The van der Waals surface area contributed by atoms with Crippen LogP contribution in [0, 0.1) is 17.3 Å². The van der Waals surface area contributed by atoms with E-state index >= 15 is 0 Å². The minimum absolute atomic E-state index is 0.0793. The number of aromatic nitrogens is 1. The highest BCUT2D eigenvalue weighted by Crippen LogP contribution is 2.60. The van der Waals surface area contributed by atoms with Gasteiger partial charge in [-0.1, -0.05) is 13.8 Å². The lowest BCUT2D eigenvalue weighted by atomic mass is 9.95. The summed E-state index contributed by atoms with van der Waals surface area (Å²) in [6.45, 7) is 4.50. The van der Waals surface area contributed by atoms with E-state index in [9.17, 15) is 15.0 Å². The van der Waals surface area contributed by atoms with Crippen LogP contribution in [0.3, 0.4) is 0 Å². The molecule has 1 aromatic rings. The van der Waals surface area contributed by atoms with Crippen LogP contribution >= 0.6 is 0 Å². The van der Waals surface area contributed by atoms with Gasteiger partial charge in [0.05, 0.1) is 13.0 Å². The SMILES string of the molecule is COC(=O)C1C(Cn2c(O)c3c(c2O)CCCC3)C1(C)C. The molecule has 0 amide bonds. The fourth-order valence-corrected chi connectivity index (χ4v) is 3.87. The number of nitrogens with zero attached hydrogens (tertiary/aromatic N) is 1. The predicted molar refractivity (Wildman–Crippen MR) is 77.2 cm³/mol. The molecule has 1 heterocycles. The Morgan fingerprint density at radius 2 is 1.76 bits per heavy atom. The van der Waals surface area contributed by atoms with Crippen molar-refractivity contribution in [3.8, 4) is 11.8 Å². The molecule has 3 rings (SSSR count). The lowest BCUT2D eigenvalue weighted by molar-refractivity contribution is -0.143. The third-order valence-electron chi connectivity index (χ3n) is 5.40. The second-order valence-electron chi connectivity index (χ2n) is 6.85. The van der Waals surface area contributed by atoms with Gasteiger partial charge in [-0.2, -0.15) is 0 Å². The number of ether oxygens (including phenoxy) is 1. The summed E-state index contributed by atoms with van der Waals surface area (Å²) in [6, 6.07) is 0. The predicted octanol–water partition coefficient (Wildman–Crippen LogP) is 2.22. The monoisotopic (exact) mass is 293 g/mol. The number of carbonyl (C=O) groups is 1. The molecular weight excluding hydrogens is 270 g/mol. The first kappa shape index (κ1) is 14.3. The molecule has 0 aliphatic heterocycles. The maximum absolute atomic E-state index is 11.8. The van der Waals surface area contributed by atoms with E-state index in [1.54, 1.807) is 4.57 Å². The second-order valence-corrected chi connectivity index (χ2v) is 6.85. The average molecular weight is 293 g/mol. The summed E-state index contributed by atoms with van der Waals surface area (Å²) in [4.78, 5) is 11.8.